The predicted octanol–water partition coefficient (Wildman–Crippen LogP) is 2.29. The summed E-state index contributed by atoms with van der Waals surface area (Å²) in [7, 11) is 0. The number of hydrogen-bond acceptors (Lipinski definition) is 2. The van der Waals surface area contributed by atoms with E-state index in [2.05, 4.69) is 27.7 Å². The zero-order chi connectivity index (χ0) is 12.4. The van der Waals surface area contributed by atoms with Gasteiger partial charge in [0.05, 0.1) is 16.3 Å². The number of carbonyl (C=O) groups excluding carboxylic acids is 1. The molecule has 0 atom stereocenters. The maximum atomic E-state index is 11.0. The third-order valence-electron chi connectivity index (χ3n) is 2.27. The summed E-state index contributed by atoms with van der Waals surface area (Å²) in [5, 5.41) is 4.69. The van der Waals surface area contributed by atoms with Gasteiger partial charge in [-0.2, -0.15) is 5.10 Å². The second kappa shape index (κ2) is 5.05. The number of benzene rings is 1. The van der Waals surface area contributed by atoms with Crippen molar-refractivity contribution in [3.05, 3.63) is 50.3 Å². The van der Waals surface area contributed by atoms with Crippen molar-refractivity contribution < 1.29 is 4.79 Å². The summed E-state index contributed by atoms with van der Waals surface area (Å²) in [5.74, 6) is -0.480. The molecule has 4 nitrogen and oxygen atoms in total. The van der Waals surface area contributed by atoms with Gasteiger partial charge < -0.3 is 5.73 Å². The molecule has 0 fully saturated rings. The van der Waals surface area contributed by atoms with E-state index in [0.717, 1.165) is 9.13 Å². The van der Waals surface area contributed by atoms with Crippen LogP contribution in [0.25, 0.3) is 0 Å². The third kappa shape index (κ3) is 2.98. The smallest absolute Gasteiger partial charge is 0.248 e. The van der Waals surface area contributed by atoms with E-state index in [0.29, 0.717) is 17.1 Å². The average molecular weight is 362 g/mol. The Morgan fingerprint density at radius 1 is 1.53 bits per heavy atom. The molecule has 0 spiro atoms. The van der Waals surface area contributed by atoms with Gasteiger partial charge in [-0.25, -0.2) is 0 Å². The van der Waals surface area contributed by atoms with Gasteiger partial charge in [0, 0.05) is 16.8 Å². The van der Waals surface area contributed by atoms with Crippen molar-refractivity contribution in [2.45, 2.75) is 6.54 Å². The van der Waals surface area contributed by atoms with Crippen LogP contribution in [0.15, 0.2) is 30.6 Å². The second-order valence-electron chi connectivity index (χ2n) is 3.53. The van der Waals surface area contributed by atoms with Gasteiger partial charge in [-0.3, -0.25) is 9.48 Å². The minimum Gasteiger partial charge on any atom is -0.366 e. The monoisotopic (exact) mass is 361 g/mol. The van der Waals surface area contributed by atoms with E-state index in [1.165, 1.54) is 0 Å². The highest BCUT2D eigenvalue weighted by molar-refractivity contribution is 14.1. The molecule has 88 valence electrons. The zero-order valence-electron chi connectivity index (χ0n) is 8.73. The van der Waals surface area contributed by atoms with E-state index < -0.39 is 5.91 Å². The maximum Gasteiger partial charge on any atom is 0.248 e. The van der Waals surface area contributed by atoms with Crippen molar-refractivity contribution in [1.29, 1.82) is 0 Å². The van der Waals surface area contributed by atoms with Crippen LogP contribution in [0.4, 0.5) is 0 Å². The molecule has 0 aliphatic heterocycles. The molecule has 17 heavy (non-hydrogen) atoms. The molecule has 1 aromatic heterocycles. The van der Waals surface area contributed by atoms with Crippen LogP contribution in [0.1, 0.15) is 15.9 Å². The summed E-state index contributed by atoms with van der Waals surface area (Å²) < 4.78 is 2.85. The minimum absolute atomic E-state index is 0.411. The van der Waals surface area contributed by atoms with Crippen molar-refractivity contribution >= 4 is 40.1 Å². The average Bonchev–Trinajstić information content (AvgIpc) is 2.67. The van der Waals surface area contributed by atoms with Crippen molar-refractivity contribution in [1.82, 2.24) is 9.78 Å². The molecule has 0 unspecified atom stereocenters. The van der Waals surface area contributed by atoms with Gasteiger partial charge in [0.1, 0.15) is 0 Å². The molecule has 2 aromatic rings. The van der Waals surface area contributed by atoms with Gasteiger partial charge in [0.2, 0.25) is 5.91 Å². The highest BCUT2D eigenvalue weighted by atomic mass is 127. The fourth-order valence-corrected chi connectivity index (χ4v) is 2.11. The summed E-state index contributed by atoms with van der Waals surface area (Å²) in [5.41, 5.74) is 6.48. The van der Waals surface area contributed by atoms with Gasteiger partial charge in [-0.05, 0) is 40.3 Å². The van der Waals surface area contributed by atoms with Crippen LogP contribution in [0, 0.1) is 3.57 Å². The van der Waals surface area contributed by atoms with E-state index in [9.17, 15) is 4.79 Å². The van der Waals surface area contributed by atoms with E-state index in [-0.39, 0.29) is 0 Å². The first-order valence-corrected chi connectivity index (χ1v) is 6.28. The summed E-state index contributed by atoms with van der Waals surface area (Å²) in [6, 6.07) is 5.03. The number of nitrogens with two attached hydrogens (primary N) is 1. The summed E-state index contributed by atoms with van der Waals surface area (Å²) >= 11 is 8.27. The Labute approximate surface area is 117 Å². The lowest BCUT2D eigenvalue weighted by Gasteiger charge is -2.05. The molecule has 6 heteroatoms. The molecule has 2 rings (SSSR count). The Bertz CT molecular complexity index is 568. The maximum absolute atomic E-state index is 11.0. The van der Waals surface area contributed by atoms with Crippen molar-refractivity contribution in [2.24, 2.45) is 5.73 Å². The number of primary amides is 1. The van der Waals surface area contributed by atoms with E-state index >= 15 is 0 Å². The molecule has 0 saturated heterocycles. The number of amides is 1. The summed E-state index contributed by atoms with van der Waals surface area (Å²) in [4.78, 5) is 11.0. The van der Waals surface area contributed by atoms with E-state index in [4.69, 9.17) is 17.3 Å². The molecule has 0 aliphatic carbocycles. The van der Waals surface area contributed by atoms with Crippen molar-refractivity contribution in [3.63, 3.8) is 0 Å². The van der Waals surface area contributed by atoms with Crippen molar-refractivity contribution in [3.8, 4) is 0 Å². The molecular weight excluding hydrogens is 352 g/mol. The van der Waals surface area contributed by atoms with Crippen LogP contribution >= 0.6 is 34.2 Å². The highest BCUT2D eigenvalue weighted by Crippen LogP contribution is 2.19. The number of carbonyl (C=O) groups is 1. The number of hydrogen-bond donors (Lipinski definition) is 1. The van der Waals surface area contributed by atoms with Gasteiger partial charge in [0.25, 0.3) is 0 Å². The summed E-state index contributed by atoms with van der Waals surface area (Å²) in [6.07, 6.45) is 3.69. The third-order valence-corrected chi connectivity index (χ3v) is 3.18. The quantitative estimate of drug-likeness (QED) is 0.853. The first-order valence-electron chi connectivity index (χ1n) is 4.82. The van der Waals surface area contributed by atoms with Gasteiger partial charge in [0.15, 0.2) is 0 Å². The molecule has 1 aromatic carbocycles. The Morgan fingerprint density at radius 3 is 2.82 bits per heavy atom. The lowest BCUT2D eigenvalue weighted by Crippen LogP contribution is -2.11. The second-order valence-corrected chi connectivity index (χ2v) is 5.18. The number of rotatable bonds is 3. The number of halogens is 2. The summed E-state index contributed by atoms with van der Waals surface area (Å²) in [6.45, 7) is 0.570. The Morgan fingerprint density at radius 2 is 2.29 bits per heavy atom. The topological polar surface area (TPSA) is 60.9 Å². The van der Waals surface area contributed by atoms with Crippen LogP contribution in [0.5, 0.6) is 0 Å². The molecule has 1 amide bonds. The Hall–Kier alpha value is -1.08. The molecule has 0 bridgehead atoms. The fraction of sp³-hybridized carbons (Fsp3) is 0.0909. The molecular formula is C11H9ClIN3O. The Balaban J connectivity index is 2.25. The first kappa shape index (κ1) is 12.4. The SMILES string of the molecule is NC(=O)c1ccc(Cn2cc(I)cn2)c(Cl)c1. The zero-order valence-corrected chi connectivity index (χ0v) is 11.6. The van der Waals surface area contributed by atoms with Crippen LogP contribution < -0.4 is 5.73 Å². The number of nitrogens with zero attached hydrogens (tertiary/aromatic N) is 2. The standard InChI is InChI=1S/C11H9ClIN3O/c12-10-3-7(11(14)17)1-2-8(10)5-16-6-9(13)4-15-16/h1-4,6H,5H2,(H2,14,17). The molecule has 0 radical (unpaired) electrons. The predicted molar refractivity (Wildman–Crippen MR) is 74.0 cm³/mol. The van der Waals surface area contributed by atoms with Gasteiger partial charge in [-0.1, -0.05) is 17.7 Å². The lowest BCUT2D eigenvalue weighted by atomic mass is 10.1. The molecule has 0 saturated carbocycles. The van der Waals surface area contributed by atoms with E-state index in [1.54, 1.807) is 29.1 Å². The fourth-order valence-electron chi connectivity index (χ4n) is 1.43. The largest absolute Gasteiger partial charge is 0.366 e. The van der Waals surface area contributed by atoms with Gasteiger partial charge in [-0.15, -0.1) is 0 Å². The van der Waals surface area contributed by atoms with Crippen LogP contribution in [0.2, 0.25) is 5.02 Å². The molecule has 0 aliphatic rings. The number of aromatic nitrogens is 2. The van der Waals surface area contributed by atoms with Crippen LogP contribution in [0.3, 0.4) is 0 Å². The first-order chi connectivity index (χ1) is 8.06. The van der Waals surface area contributed by atoms with E-state index in [1.807, 2.05) is 6.20 Å². The molecule has 1 heterocycles. The lowest BCUT2D eigenvalue weighted by molar-refractivity contribution is 0.100. The normalized spacial score (nSPS) is 10.5. The molecule has 2 N–H and O–H groups in total. The highest BCUT2D eigenvalue weighted by Gasteiger charge is 2.06. The van der Waals surface area contributed by atoms with Crippen molar-refractivity contribution in [2.75, 3.05) is 0 Å². The minimum atomic E-state index is -0.480. The Kier molecular flexibility index (Phi) is 3.68. The van der Waals surface area contributed by atoms with Gasteiger partial charge >= 0.3 is 0 Å². The van der Waals surface area contributed by atoms with Crippen LogP contribution in [-0.2, 0) is 6.54 Å². The van der Waals surface area contributed by atoms with Crippen LogP contribution in [-0.4, -0.2) is 15.7 Å².